The Morgan fingerprint density at radius 1 is 1.08 bits per heavy atom. The number of hydrogen-bond donors (Lipinski definition) is 2. The fourth-order valence-electron chi connectivity index (χ4n) is 5.27. The molecule has 2 aromatic carbocycles. The third kappa shape index (κ3) is 5.28. The number of thiocarbonyl (C=S) groups is 1. The first kappa shape index (κ1) is 26.9. The third-order valence-electron chi connectivity index (χ3n) is 6.93. The van der Waals surface area contributed by atoms with E-state index in [4.69, 9.17) is 28.6 Å². The van der Waals surface area contributed by atoms with Crippen molar-refractivity contribution in [3.63, 3.8) is 0 Å². The number of aryl methyl sites for hydroxylation is 2. The number of amides is 1. The first-order chi connectivity index (χ1) is 18.8. The molecule has 4 aromatic rings. The second-order valence-corrected chi connectivity index (χ2v) is 10.4. The molecule has 1 fully saturated rings. The van der Waals surface area contributed by atoms with Gasteiger partial charge in [-0.15, -0.1) is 0 Å². The molecule has 3 heterocycles. The van der Waals surface area contributed by atoms with Gasteiger partial charge in [0.25, 0.3) is 0 Å². The summed E-state index contributed by atoms with van der Waals surface area (Å²) in [7, 11) is 1.47. The molecule has 1 saturated heterocycles. The van der Waals surface area contributed by atoms with E-state index >= 15 is 0 Å². The Morgan fingerprint density at radius 3 is 2.59 bits per heavy atom. The Labute approximate surface area is 238 Å². The van der Waals surface area contributed by atoms with Gasteiger partial charge >= 0.3 is 0 Å². The fourth-order valence-corrected chi connectivity index (χ4v) is 5.84. The highest BCUT2D eigenvalue weighted by molar-refractivity contribution is 7.80. The molecule has 200 valence electrons. The van der Waals surface area contributed by atoms with Crippen molar-refractivity contribution in [3.8, 4) is 5.69 Å². The number of halogens is 1. The maximum Gasteiger partial charge on any atom is 0.250 e. The molecular formula is C30H30ClN5O2S. The minimum Gasteiger partial charge on any atom is -0.375 e. The number of benzene rings is 2. The van der Waals surface area contributed by atoms with Gasteiger partial charge in [-0.3, -0.25) is 9.78 Å². The summed E-state index contributed by atoms with van der Waals surface area (Å²) in [6, 6.07) is 21.8. The number of anilines is 2. The van der Waals surface area contributed by atoms with Crippen LogP contribution in [0.1, 0.15) is 40.3 Å². The molecule has 1 amide bonds. The summed E-state index contributed by atoms with van der Waals surface area (Å²) in [5.41, 5.74) is 7.90. The summed E-state index contributed by atoms with van der Waals surface area (Å²) in [5, 5.41) is 7.28. The van der Waals surface area contributed by atoms with E-state index in [1.165, 1.54) is 12.7 Å². The topological polar surface area (TPSA) is 71.4 Å². The molecule has 7 nitrogen and oxygen atoms in total. The molecule has 0 saturated carbocycles. The number of carbonyl (C=O) groups excluding carboxylic acids is 1. The zero-order valence-electron chi connectivity index (χ0n) is 22.2. The van der Waals surface area contributed by atoms with Gasteiger partial charge in [0.15, 0.2) is 5.11 Å². The van der Waals surface area contributed by atoms with E-state index in [1.54, 1.807) is 12.3 Å². The molecule has 2 atom stereocenters. The van der Waals surface area contributed by atoms with Crippen LogP contribution in [0.15, 0.2) is 72.9 Å². The van der Waals surface area contributed by atoms with Crippen LogP contribution < -0.4 is 15.5 Å². The third-order valence-corrected chi connectivity index (χ3v) is 7.55. The summed E-state index contributed by atoms with van der Waals surface area (Å²) in [5.74, 6) is -0.276. The van der Waals surface area contributed by atoms with Gasteiger partial charge in [0, 0.05) is 36.1 Å². The van der Waals surface area contributed by atoms with Crippen molar-refractivity contribution in [3.05, 3.63) is 106 Å². The predicted molar refractivity (Wildman–Crippen MR) is 160 cm³/mol. The number of carbonyl (C=O) groups is 1. The normalized spacial score (nSPS) is 16.8. The SMILES string of the molecule is COCC(=O)Nc1ccc(N2C(=S)N[C@H](c3ccccn3)[C@@H]2c2cc(C)n(-c3cccc(C)c3)c2C)cc1Cl. The highest BCUT2D eigenvalue weighted by Crippen LogP contribution is 2.44. The lowest BCUT2D eigenvalue weighted by Gasteiger charge is -2.28. The van der Waals surface area contributed by atoms with Crippen molar-refractivity contribution in [2.45, 2.75) is 32.9 Å². The molecule has 5 rings (SSSR count). The van der Waals surface area contributed by atoms with Gasteiger partial charge in [-0.1, -0.05) is 29.8 Å². The largest absolute Gasteiger partial charge is 0.375 e. The number of hydrogen-bond acceptors (Lipinski definition) is 4. The van der Waals surface area contributed by atoms with E-state index < -0.39 is 0 Å². The number of pyridine rings is 1. The molecule has 0 spiro atoms. The Hall–Kier alpha value is -3.72. The number of methoxy groups -OCH3 is 1. The number of aromatic nitrogens is 2. The lowest BCUT2D eigenvalue weighted by Crippen LogP contribution is -2.29. The molecule has 1 aliphatic rings. The van der Waals surface area contributed by atoms with Gasteiger partial charge in [0.1, 0.15) is 6.61 Å². The summed E-state index contributed by atoms with van der Waals surface area (Å²) < 4.78 is 7.19. The average molecular weight is 560 g/mol. The number of rotatable bonds is 7. The Kier molecular flexibility index (Phi) is 7.70. The van der Waals surface area contributed by atoms with E-state index in [-0.39, 0.29) is 24.6 Å². The highest BCUT2D eigenvalue weighted by Gasteiger charge is 2.42. The zero-order chi connectivity index (χ0) is 27.7. The van der Waals surface area contributed by atoms with Crippen LogP contribution >= 0.6 is 23.8 Å². The van der Waals surface area contributed by atoms with Crippen LogP contribution in [0, 0.1) is 20.8 Å². The van der Waals surface area contributed by atoms with Crippen LogP contribution in [-0.2, 0) is 9.53 Å². The molecule has 9 heteroatoms. The van der Waals surface area contributed by atoms with Crippen LogP contribution in [0.4, 0.5) is 11.4 Å². The Morgan fingerprint density at radius 2 is 1.90 bits per heavy atom. The minimum absolute atomic E-state index is 0.0530. The second-order valence-electron chi connectivity index (χ2n) is 9.64. The lowest BCUT2D eigenvalue weighted by molar-refractivity contribution is -0.119. The molecule has 39 heavy (non-hydrogen) atoms. The molecular weight excluding hydrogens is 530 g/mol. The Balaban J connectivity index is 1.61. The molecule has 0 unspecified atom stereocenters. The van der Waals surface area contributed by atoms with Crippen LogP contribution in [0.2, 0.25) is 5.02 Å². The second kappa shape index (κ2) is 11.2. The van der Waals surface area contributed by atoms with E-state index in [0.717, 1.165) is 34.0 Å². The standard InChI is InChI=1S/C30H30ClN5O2S/c1-18-8-7-9-21(14-18)35-19(2)15-23(20(35)3)29-28(26-10-5-6-13-32-26)34-30(39)36(29)22-11-12-25(24(31)16-22)33-27(37)17-38-4/h5-16,28-29H,17H2,1-4H3,(H,33,37)(H,34,39)/t28-,29+/m1/s1. The lowest BCUT2D eigenvalue weighted by atomic mass is 9.96. The molecule has 2 aromatic heterocycles. The van der Waals surface area contributed by atoms with Crippen molar-refractivity contribution in [1.29, 1.82) is 0 Å². The Bertz CT molecular complexity index is 1540. The fraction of sp³-hybridized carbons (Fsp3) is 0.233. The van der Waals surface area contributed by atoms with Crippen molar-refractivity contribution in [1.82, 2.24) is 14.9 Å². The summed E-state index contributed by atoms with van der Waals surface area (Å²) in [6.45, 7) is 6.31. The van der Waals surface area contributed by atoms with Crippen molar-refractivity contribution < 1.29 is 9.53 Å². The van der Waals surface area contributed by atoms with Crippen LogP contribution in [-0.4, -0.2) is 34.3 Å². The van der Waals surface area contributed by atoms with Crippen LogP contribution in [0.5, 0.6) is 0 Å². The van der Waals surface area contributed by atoms with Gasteiger partial charge in [-0.25, -0.2) is 0 Å². The van der Waals surface area contributed by atoms with E-state index in [9.17, 15) is 4.79 Å². The van der Waals surface area contributed by atoms with Gasteiger partial charge in [-0.05, 0) is 92.6 Å². The number of ether oxygens (including phenoxy) is 1. The van der Waals surface area contributed by atoms with Gasteiger partial charge in [-0.2, -0.15) is 0 Å². The maximum atomic E-state index is 12.1. The summed E-state index contributed by atoms with van der Waals surface area (Å²) in [4.78, 5) is 18.8. The molecule has 0 bridgehead atoms. The molecule has 0 aliphatic carbocycles. The van der Waals surface area contributed by atoms with Crippen LogP contribution in [0.25, 0.3) is 5.69 Å². The van der Waals surface area contributed by atoms with Gasteiger partial charge in [0.2, 0.25) is 5.91 Å². The first-order valence-corrected chi connectivity index (χ1v) is 13.4. The zero-order valence-corrected chi connectivity index (χ0v) is 23.8. The summed E-state index contributed by atoms with van der Waals surface area (Å²) in [6.07, 6.45) is 1.80. The average Bonchev–Trinajstić information content (AvgIpc) is 3.40. The predicted octanol–water partition coefficient (Wildman–Crippen LogP) is 6.21. The monoisotopic (exact) mass is 559 g/mol. The molecule has 0 radical (unpaired) electrons. The molecule has 1 aliphatic heterocycles. The number of nitrogens with zero attached hydrogens (tertiary/aromatic N) is 3. The van der Waals surface area contributed by atoms with E-state index in [0.29, 0.717) is 15.8 Å². The van der Waals surface area contributed by atoms with Gasteiger partial charge in [0.05, 0.1) is 28.5 Å². The summed E-state index contributed by atoms with van der Waals surface area (Å²) >= 11 is 12.5. The van der Waals surface area contributed by atoms with Gasteiger partial charge < -0.3 is 24.8 Å². The minimum atomic E-state index is -0.276. The highest BCUT2D eigenvalue weighted by atomic mass is 35.5. The maximum absolute atomic E-state index is 12.1. The quantitative estimate of drug-likeness (QED) is 0.262. The smallest absolute Gasteiger partial charge is 0.250 e. The number of nitrogens with one attached hydrogen (secondary N) is 2. The van der Waals surface area contributed by atoms with E-state index in [1.807, 2.05) is 30.3 Å². The van der Waals surface area contributed by atoms with Crippen molar-refractivity contribution in [2.75, 3.05) is 23.9 Å². The van der Waals surface area contributed by atoms with Crippen LogP contribution in [0.3, 0.4) is 0 Å². The van der Waals surface area contributed by atoms with Crippen molar-refractivity contribution >= 4 is 46.2 Å². The first-order valence-electron chi connectivity index (χ1n) is 12.6. The van der Waals surface area contributed by atoms with Crippen molar-refractivity contribution in [2.24, 2.45) is 0 Å². The van der Waals surface area contributed by atoms with E-state index in [2.05, 4.69) is 76.2 Å². The molecule has 2 N–H and O–H groups in total.